The highest BCUT2D eigenvalue weighted by molar-refractivity contribution is 6.33. The number of aromatic nitrogens is 6. The number of phenolic OH excluding ortho intramolecular Hbond substituents is 1. The Hall–Kier alpha value is -6.93. The molecule has 2 aliphatic heterocycles. The molecule has 1 saturated carbocycles. The molecule has 0 bridgehead atoms. The van der Waals surface area contributed by atoms with Crippen LogP contribution in [0.25, 0.3) is 11.0 Å². The van der Waals surface area contributed by atoms with Gasteiger partial charge in [-0.1, -0.05) is 47.5 Å². The zero-order chi connectivity index (χ0) is 46.4. The third-order valence-corrected chi connectivity index (χ3v) is 13.0. The van der Waals surface area contributed by atoms with Gasteiger partial charge in [-0.05, 0) is 53.5 Å². The van der Waals surface area contributed by atoms with Crippen LogP contribution in [0, 0.1) is 11.7 Å². The average molecular weight is 938 g/mol. The molecule has 2 amide bonds. The summed E-state index contributed by atoms with van der Waals surface area (Å²) in [6.07, 6.45) is -3.19. The number of phenols is 1. The molecular weight excluding hydrogens is 903 g/mol. The van der Waals surface area contributed by atoms with Crippen LogP contribution in [0.5, 0.6) is 17.2 Å². The highest BCUT2D eigenvalue weighted by atomic mass is 35.5. The Bertz CT molecular complexity index is 3220. The fourth-order valence-electron chi connectivity index (χ4n) is 9.45. The van der Waals surface area contributed by atoms with E-state index < -0.39 is 86.2 Å². The largest absolute Gasteiger partial charge is 0.505 e. The van der Waals surface area contributed by atoms with Gasteiger partial charge >= 0.3 is 17.6 Å². The summed E-state index contributed by atoms with van der Waals surface area (Å²) in [5.41, 5.74) is -1.18. The number of aryl methyl sites for hydroxylation is 2. The number of rotatable bonds is 9. The SMILES string of the molecule is COc1cc2nc(CCn3c(=O)n4n(c3=O)C3CC5C(=O)N(Nc6ncc(C(F)(F)F)cc6Cl)C(=O)C5(c5ccc(Cl)cc5)C(c5ccc(O)c(F)c5)C3=CC4)c(=O)n(C)c2cc1OC. The quantitative estimate of drug-likeness (QED) is 0.106. The summed E-state index contributed by atoms with van der Waals surface area (Å²) in [5, 5.41) is 10.6. The fourth-order valence-corrected chi connectivity index (χ4v) is 9.79. The Morgan fingerprint density at radius 1 is 0.954 bits per heavy atom. The van der Waals surface area contributed by atoms with E-state index in [1.54, 1.807) is 18.2 Å². The van der Waals surface area contributed by atoms with Gasteiger partial charge in [0.15, 0.2) is 28.9 Å². The van der Waals surface area contributed by atoms with Crippen molar-refractivity contribution in [3.8, 4) is 17.2 Å². The average Bonchev–Trinajstić information content (AvgIpc) is 3.65. The second-order valence-electron chi connectivity index (χ2n) is 15.7. The maximum Gasteiger partial charge on any atom is 0.417 e. The highest BCUT2D eigenvalue weighted by Gasteiger charge is 2.69. The van der Waals surface area contributed by atoms with E-state index in [-0.39, 0.29) is 47.8 Å². The van der Waals surface area contributed by atoms with Crippen molar-refractivity contribution in [1.82, 2.24) is 33.5 Å². The number of halogens is 6. The molecule has 16 nitrogen and oxygen atoms in total. The third kappa shape index (κ3) is 6.67. The first-order valence-electron chi connectivity index (χ1n) is 19.8. The van der Waals surface area contributed by atoms with Crippen LogP contribution >= 0.6 is 23.2 Å². The van der Waals surface area contributed by atoms with Crippen LogP contribution in [0.3, 0.4) is 0 Å². The topological polar surface area (TPSA) is 185 Å². The number of pyridine rings is 1. The van der Waals surface area contributed by atoms with Crippen LogP contribution in [0.2, 0.25) is 10.0 Å². The van der Waals surface area contributed by atoms with E-state index in [1.807, 2.05) is 0 Å². The standard InChI is InChI=1S/C43H34Cl2F4N8O8/c1-53-31-18-34(65-3)33(64-2)17-29(31)51-28(38(53)60)11-12-54-40(62)55-13-10-24-30(57(55)41(54)63)16-25-37(59)56(52-36-26(45)15-22(19-50-36)43(47,48)49)39(61)42(25,21-5-7-23(44)8-6-21)35(24)20-4-9-32(58)27(46)14-20/h4-10,14-15,17-19,25,30,35,58H,11-13,16H2,1-3H3,(H,50,52). The van der Waals surface area contributed by atoms with Crippen LogP contribution in [0.4, 0.5) is 23.4 Å². The molecule has 9 rings (SSSR count). The molecule has 336 valence electrons. The van der Waals surface area contributed by atoms with Crippen LogP contribution in [-0.2, 0) is 47.7 Å². The second kappa shape index (κ2) is 15.7. The molecule has 6 aromatic rings. The van der Waals surface area contributed by atoms with Crippen molar-refractivity contribution < 1.29 is 41.7 Å². The van der Waals surface area contributed by atoms with Crippen molar-refractivity contribution in [3.05, 3.63) is 148 Å². The van der Waals surface area contributed by atoms with E-state index in [9.17, 15) is 37.5 Å². The van der Waals surface area contributed by atoms with Gasteiger partial charge in [-0.3, -0.25) is 19.8 Å². The minimum absolute atomic E-state index is 0.0386. The number of allylic oxidation sites excluding steroid dienone is 2. The molecule has 3 aromatic carbocycles. The van der Waals surface area contributed by atoms with E-state index in [4.69, 9.17) is 32.7 Å². The van der Waals surface area contributed by atoms with Crippen molar-refractivity contribution in [2.24, 2.45) is 13.0 Å². The summed E-state index contributed by atoms with van der Waals surface area (Å²) in [5.74, 6) is -6.07. The number of carbonyl (C=O) groups excluding carboxylic acids is 2. The zero-order valence-corrected chi connectivity index (χ0v) is 35.7. The number of methoxy groups -OCH3 is 2. The van der Waals surface area contributed by atoms with Gasteiger partial charge in [0.25, 0.3) is 17.4 Å². The molecule has 4 atom stereocenters. The summed E-state index contributed by atoms with van der Waals surface area (Å²) < 4.78 is 71.5. The summed E-state index contributed by atoms with van der Waals surface area (Å²) in [6, 6.07) is 12.0. The van der Waals surface area contributed by atoms with Crippen molar-refractivity contribution in [3.63, 3.8) is 0 Å². The smallest absolute Gasteiger partial charge is 0.417 e. The van der Waals surface area contributed by atoms with Gasteiger partial charge in [0.2, 0.25) is 0 Å². The Kier molecular flexibility index (Phi) is 10.4. The van der Waals surface area contributed by atoms with Crippen molar-refractivity contribution in [2.45, 2.75) is 49.5 Å². The van der Waals surface area contributed by atoms with Gasteiger partial charge in [-0.2, -0.15) is 18.2 Å². The number of aromatic hydroxyl groups is 1. The highest BCUT2D eigenvalue weighted by Crippen LogP contribution is 2.62. The molecule has 3 aromatic heterocycles. The number of benzene rings is 3. The Morgan fingerprint density at radius 2 is 1.66 bits per heavy atom. The molecule has 2 N–H and O–H groups in total. The monoisotopic (exact) mass is 936 g/mol. The number of anilines is 1. The molecule has 5 heterocycles. The maximum absolute atomic E-state index is 15.5. The van der Waals surface area contributed by atoms with Crippen molar-refractivity contribution in [2.75, 3.05) is 19.6 Å². The molecule has 0 radical (unpaired) electrons. The number of amides is 2. The predicted octanol–water partition coefficient (Wildman–Crippen LogP) is 5.50. The third-order valence-electron chi connectivity index (χ3n) is 12.4. The van der Waals surface area contributed by atoms with Gasteiger partial charge < -0.3 is 19.1 Å². The molecule has 1 saturated heterocycles. The number of carbonyl (C=O) groups is 2. The number of imide groups is 1. The van der Waals surface area contributed by atoms with Gasteiger partial charge in [0, 0.05) is 49.3 Å². The Morgan fingerprint density at radius 3 is 2.32 bits per heavy atom. The number of nitrogens with one attached hydrogen (secondary N) is 1. The lowest BCUT2D eigenvalue weighted by molar-refractivity contribution is -0.139. The number of ether oxygens (including phenoxy) is 2. The van der Waals surface area contributed by atoms with Crippen LogP contribution < -0.4 is 31.8 Å². The minimum Gasteiger partial charge on any atom is -0.505 e. The molecule has 1 aliphatic carbocycles. The number of alkyl halides is 3. The molecule has 22 heteroatoms. The molecule has 65 heavy (non-hydrogen) atoms. The van der Waals surface area contributed by atoms with Crippen LogP contribution in [0.15, 0.2) is 92.9 Å². The summed E-state index contributed by atoms with van der Waals surface area (Å²) >= 11 is 12.5. The second-order valence-corrected chi connectivity index (χ2v) is 16.5. The van der Waals surface area contributed by atoms with Gasteiger partial charge in [0.05, 0.1) is 59.8 Å². The lowest BCUT2D eigenvalue weighted by atomic mass is 9.53. The summed E-state index contributed by atoms with van der Waals surface area (Å²) in [7, 11) is 4.43. The number of hydrazine groups is 1. The lowest BCUT2D eigenvalue weighted by Gasteiger charge is -2.49. The van der Waals surface area contributed by atoms with Crippen molar-refractivity contribution in [1.29, 1.82) is 0 Å². The fraction of sp³-hybridized carbons (Fsp3) is 0.279. The van der Waals surface area contributed by atoms with E-state index in [2.05, 4.69) is 15.4 Å². The number of nitrogens with zero attached hydrogens (tertiary/aromatic N) is 7. The molecule has 0 spiro atoms. The summed E-state index contributed by atoms with van der Waals surface area (Å²) in [6.45, 7) is -0.521. The van der Waals surface area contributed by atoms with Crippen LogP contribution in [-0.4, -0.2) is 64.6 Å². The van der Waals surface area contributed by atoms with E-state index in [0.717, 1.165) is 21.4 Å². The molecule has 3 aliphatic rings. The zero-order valence-electron chi connectivity index (χ0n) is 34.2. The number of hydrogen-bond acceptors (Lipinski definition) is 11. The first-order chi connectivity index (χ1) is 30.9. The van der Waals surface area contributed by atoms with Crippen LogP contribution in [0.1, 0.15) is 40.8 Å². The lowest BCUT2D eigenvalue weighted by Crippen LogP contribution is -2.53. The minimum atomic E-state index is -4.81. The maximum atomic E-state index is 15.5. The number of fused-ring (bicyclic) bond motifs is 5. The number of hydrogen-bond donors (Lipinski definition) is 2. The van der Waals surface area contributed by atoms with Gasteiger partial charge in [0.1, 0.15) is 5.69 Å². The Labute approximate surface area is 373 Å². The van der Waals surface area contributed by atoms with Gasteiger partial charge in [-0.25, -0.2) is 37.9 Å². The molecule has 2 fully saturated rings. The van der Waals surface area contributed by atoms with Crippen molar-refractivity contribution >= 4 is 51.9 Å². The van der Waals surface area contributed by atoms with E-state index in [0.29, 0.717) is 45.4 Å². The molecule has 4 unspecified atom stereocenters. The first kappa shape index (κ1) is 43.3. The summed E-state index contributed by atoms with van der Waals surface area (Å²) in [4.78, 5) is 80.8. The van der Waals surface area contributed by atoms with E-state index in [1.165, 1.54) is 60.8 Å². The molecular formula is C43H34Cl2F4N8O8. The van der Waals surface area contributed by atoms with E-state index >= 15 is 9.18 Å². The van der Waals surface area contributed by atoms with Gasteiger partial charge in [-0.15, -0.1) is 0 Å². The normalized spacial score (nSPS) is 20.4. The Balaban J connectivity index is 1.17. The first-order valence-corrected chi connectivity index (χ1v) is 20.5. The predicted molar refractivity (Wildman–Crippen MR) is 226 cm³/mol.